The Kier molecular flexibility index (Phi) is 5.03. The summed E-state index contributed by atoms with van der Waals surface area (Å²) in [6.45, 7) is -0.308. The third-order valence-electron chi connectivity index (χ3n) is 8.09. The molecule has 36 heavy (non-hydrogen) atoms. The van der Waals surface area contributed by atoms with Crippen molar-refractivity contribution in [1.29, 1.82) is 0 Å². The predicted molar refractivity (Wildman–Crippen MR) is 134 cm³/mol. The van der Waals surface area contributed by atoms with Gasteiger partial charge in [0.05, 0.1) is 33.9 Å². The number of thioether (sulfide) groups is 1. The molecule has 11 heteroatoms. The molecule has 0 radical (unpaired) electrons. The number of rotatable bonds is 4. The van der Waals surface area contributed by atoms with E-state index >= 15 is 0 Å². The van der Waals surface area contributed by atoms with E-state index in [4.69, 9.17) is 16.0 Å². The van der Waals surface area contributed by atoms with Crippen LogP contribution in [0.4, 0.5) is 5.69 Å². The predicted octanol–water partition coefficient (Wildman–Crippen LogP) is 3.79. The van der Waals surface area contributed by atoms with Gasteiger partial charge in [0, 0.05) is 16.0 Å². The van der Waals surface area contributed by atoms with E-state index in [1.165, 1.54) is 11.3 Å². The van der Waals surface area contributed by atoms with Crippen molar-refractivity contribution in [2.75, 3.05) is 11.9 Å². The molecule has 2 aliphatic carbocycles. The van der Waals surface area contributed by atoms with Crippen molar-refractivity contribution >= 4 is 58.1 Å². The van der Waals surface area contributed by atoms with Gasteiger partial charge in [-0.3, -0.25) is 24.1 Å². The summed E-state index contributed by atoms with van der Waals surface area (Å²) >= 11 is 8.72. The quantitative estimate of drug-likeness (QED) is 0.486. The van der Waals surface area contributed by atoms with Gasteiger partial charge in [-0.05, 0) is 60.6 Å². The van der Waals surface area contributed by atoms with E-state index in [2.05, 4.69) is 10.3 Å². The molecule has 3 fully saturated rings. The number of furan rings is 1. The standard InChI is InChI=1S/C25H20ClN3O5S2/c26-10-3-5-11(6-4-10)27-15(30)9-29-23(31)17-12-8-13(18(17)24(29)32)20-16(12)19(14-2-1-7-34-14)21-22(35-20)28-25(33)36-21/h1-7,12-13,16-20H,8-9H2,(H,27,30)(H,28,33)/t12-,13-,16+,17+,18-,19-,20+/m1/s1. The summed E-state index contributed by atoms with van der Waals surface area (Å²) in [4.78, 5) is 56.9. The topological polar surface area (TPSA) is 112 Å². The lowest BCUT2D eigenvalue weighted by Crippen LogP contribution is -2.42. The molecule has 7 atom stereocenters. The van der Waals surface area contributed by atoms with Crippen LogP contribution in [0.15, 0.2) is 56.9 Å². The number of carbonyl (C=O) groups is 3. The molecule has 0 unspecified atom stereocenters. The van der Waals surface area contributed by atoms with Crippen LogP contribution in [-0.4, -0.2) is 39.4 Å². The molecule has 8 nitrogen and oxygen atoms in total. The number of carbonyl (C=O) groups excluding carboxylic acids is 3. The fraction of sp³-hybridized carbons (Fsp3) is 0.360. The van der Waals surface area contributed by atoms with Crippen LogP contribution >= 0.6 is 34.7 Å². The Morgan fingerprint density at radius 1 is 1.11 bits per heavy atom. The number of amides is 3. The lowest BCUT2D eigenvalue weighted by atomic mass is 9.69. The van der Waals surface area contributed by atoms with E-state index in [1.54, 1.807) is 42.3 Å². The number of hydrogen-bond donors (Lipinski definition) is 2. The SMILES string of the molecule is O=C(CN1C(=O)[C@@H]2[C@H]3C[C@@H]([C@@H]2C1=O)[C@H]1[C@@H](c2ccco2)c2sc(=O)[nH]c2S[C@@H]31)Nc1ccc(Cl)cc1. The van der Waals surface area contributed by atoms with Crippen LogP contribution in [0.1, 0.15) is 23.0 Å². The number of likely N-dealkylation sites (tertiary alicyclic amines) is 1. The molecule has 4 aliphatic rings. The van der Waals surface area contributed by atoms with Crippen molar-refractivity contribution in [1.82, 2.24) is 9.88 Å². The first-order valence-corrected chi connectivity index (χ1v) is 13.8. The molecule has 1 aromatic carbocycles. The number of imide groups is 1. The number of aromatic amines is 1. The number of anilines is 1. The van der Waals surface area contributed by atoms with Crippen molar-refractivity contribution in [2.24, 2.45) is 29.6 Å². The molecule has 1 saturated heterocycles. The van der Waals surface area contributed by atoms with Crippen molar-refractivity contribution in [3.8, 4) is 0 Å². The molecule has 2 saturated carbocycles. The molecule has 2 aliphatic heterocycles. The fourth-order valence-electron chi connectivity index (χ4n) is 6.90. The van der Waals surface area contributed by atoms with Crippen LogP contribution < -0.4 is 10.2 Å². The van der Waals surface area contributed by atoms with Crippen LogP contribution in [0.3, 0.4) is 0 Å². The zero-order valence-corrected chi connectivity index (χ0v) is 21.1. The van der Waals surface area contributed by atoms with Gasteiger partial charge in [-0.25, -0.2) is 0 Å². The lowest BCUT2D eigenvalue weighted by molar-refractivity contribution is -0.143. The van der Waals surface area contributed by atoms with Gasteiger partial charge in [-0.15, -0.1) is 11.8 Å². The molecule has 184 valence electrons. The van der Waals surface area contributed by atoms with Gasteiger partial charge >= 0.3 is 4.87 Å². The van der Waals surface area contributed by atoms with E-state index in [-0.39, 0.29) is 52.2 Å². The van der Waals surface area contributed by atoms with Crippen LogP contribution in [-0.2, 0) is 14.4 Å². The Morgan fingerprint density at radius 3 is 2.58 bits per heavy atom. The summed E-state index contributed by atoms with van der Waals surface area (Å²) in [5.74, 6) is -1.11. The number of benzene rings is 1. The first-order chi connectivity index (χ1) is 17.4. The highest BCUT2D eigenvalue weighted by Gasteiger charge is 2.69. The number of nitrogens with one attached hydrogen (secondary N) is 2. The summed E-state index contributed by atoms with van der Waals surface area (Å²) in [5.41, 5.74) is 0.549. The molecule has 0 spiro atoms. The first-order valence-electron chi connectivity index (χ1n) is 11.7. The number of thiazole rings is 1. The summed E-state index contributed by atoms with van der Waals surface area (Å²) in [5, 5.41) is 4.21. The highest BCUT2D eigenvalue weighted by atomic mass is 35.5. The second-order valence-corrected chi connectivity index (χ2v) is 12.4. The number of aromatic nitrogens is 1. The average Bonchev–Trinajstić information content (AvgIpc) is 3.66. The number of H-pyrrole nitrogens is 1. The zero-order chi connectivity index (χ0) is 24.7. The van der Waals surface area contributed by atoms with Crippen LogP contribution in [0.2, 0.25) is 5.02 Å². The third kappa shape index (κ3) is 3.20. The minimum atomic E-state index is -0.442. The monoisotopic (exact) mass is 541 g/mol. The van der Waals surface area contributed by atoms with E-state index in [0.717, 1.165) is 27.0 Å². The second kappa shape index (κ2) is 8.09. The Labute approximate surface area is 218 Å². The maximum Gasteiger partial charge on any atom is 0.305 e. The largest absolute Gasteiger partial charge is 0.469 e. The normalized spacial score (nSPS) is 31.9. The molecule has 3 amide bonds. The Hall–Kier alpha value is -2.82. The number of halogens is 1. The molecular formula is C25H20ClN3O5S2. The maximum absolute atomic E-state index is 13.6. The molecule has 7 rings (SSSR count). The van der Waals surface area contributed by atoms with Crippen molar-refractivity contribution in [3.63, 3.8) is 0 Å². The van der Waals surface area contributed by atoms with Gasteiger partial charge in [0.1, 0.15) is 12.3 Å². The highest BCUT2D eigenvalue weighted by molar-refractivity contribution is 8.00. The highest BCUT2D eigenvalue weighted by Crippen LogP contribution is 2.68. The zero-order valence-electron chi connectivity index (χ0n) is 18.7. The number of hydrogen-bond acceptors (Lipinski definition) is 7. The maximum atomic E-state index is 13.6. The van der Waals surface area contributed by atoms with E-state index in [9.17, 15) is 19.2 Å². The van der Waals surface area contributed by atoms with E-state index in [0.29, 0.717) is 10.7 Å². The third-order valence-corrected chi connectivity index (χ3v) is 10.9. The Balaban J connectivity index is 1.17. The van der Waals surface area contributed by atoms with Gasteiger partial charge in [0.2, 0.25) is 17.7 Å². The number of nitrogens with zero attached hydrogens (tertiary/aromatic N) is 1. The summed E-state index contributed by atoms with van der Waals surface area (Å²) in [6, 6.07) is 10.4. The summed E-state index contributed by atoms with van der Waals surface area (Å²) < 4.78 is 5.81. The van der Waals surface area contributed by atoms with Gasteiger partial charge in [-0.2, -0.15) is 0 Å². The number of fused-ring (bicyclic) bond motifs is 9. The van der Waals surface area contributed by atoms with Gasteiger partial charge in [0.25, 0.3) is 0 Å². The van der Waals surface area contributed by atoms with Gasteiger partial charge in [-0.1, -0.05) is 22.9 Å². The Morgan fingerprint density at radius 2 is 1.86 bits per heavy atom. The van der Waals surface area contributed by atoms with Crippen LogP contribution in [0, 0.1) is 29.6 Å². The van der Waals surface area contributed by atoms with Gasteiger partial charge < -0.3 is 14.7 Å². The molecular weight excluding hydrogens is 522 g/mol. The molecule has 4 heterocycles. The average molecular weight is 542 g/mol. The lowest BCUT2D eigenvalue weighted by Gasteiger charge is -2.42. The molecule has 3 aromatic rings. The minimum Gasteiger partial charge on any atom is -0.469 e. The second-order valence-electron chi connectivity index (χ2n) is 9.79. The van der Waals surface area contributed by atoms with Crippen LogP contribution in [0.5, 0.6) is 0 Å². The van der Waals surface area contributed by atoms with Crippen molar-refractivity contribution < 1.29 is 18.8 Å². The van der Waals surface area contributed by atoms with Crippen LogP contribution in [0.25, 0.3) is 0 Å². The smallest absolute Gasteiger partial charge is 0.305 e. The summed E-state index contributed by atoms with van der Waals surface area (Å²) in [7, 11) is 0. The van der Waals surface area contributed by atoms with Crippen molar-refractivity contribution in [3.05, 3.63) is 68.0 Å². The fourth-order valence-corrected chi connectivity index (χ4v) is 9.89. The van der Waals surface area contributed by atoms with E-state index < -0.39 is 17.7 Å². The Bertz CT molecular complexity index is 1450. The van der Waals surface area contributed by atoms with Gasteiger partial charge in [0.15, 0.2) is 0 Å². The first kappa shape index (κ1) is 22.4. The van der Waals surface area contributed by atoms with Crippen molar-refractivity contribution in [2.45, 2.75) is 22.6 Å². The molecule has 2 N–H and O–H groups in total. The molecule has 2 bridgehead atoms. The van der Waals surface area contributed by atoms with E-state index in [1.807, 2.05) is 12.1 Å². The molecule has 2 aromatic heterocycles. The summed E-state index contributed by atoms with van der Waals surface area (Å²) in [6.07, 6.45) is 2.42. The minimum absolute atomic E-state index is 0.00444.